The van der Waals surface area contributed by atoms with Gasteiger partial charge in [0.15, 0.2) is 0 Å². The van der Waals surface area contributed by atoms with Gasteiger partial charge in [-0.1, -0.05) is 0 Å². The van der Waals surface area contributed by atoms with Gasteiger partial charge < -0.3 is 53.6 Å². The van der Waals surface area contributed by atoms with E-state index in [1.807, 2.05) is 0 Å². The van der Waals surface area contributed by atoms with Crippen LogP contribution in [0.4, 0.5) is 0 Å². The van der Waals surface area contributed by atoms with Crippen molar-refractivity contribution >= 4 is 0 Å². The molecule has 0 fully saturated rings. The van der Waals surface area contributed by atoms with Crippen LogP contribution in [0.15, 0.2) is 0 Å². The lowest BCUT2D eigenvalue weighted by atomic mass is 10.4. The van der Waals surface area contributed by atoms with E-state index in [1.165, 1.54) is 0 Å². The molecule has 11 heteroatoms. The van der Waals surface area contributed by atoms with Crippen molar-refractivity contribution in [2.45, 2.75) is 12.2 Å². The largest absolute Gasteiger partial charge is 0.394 e. The van der Waals surface area contributed by atoms with Gasteiger partial charge in [0.05, 0.1) is 106 Å². The molecule has 0 atom stereocenters. The van der Waals surface area contributed by atoms with Gasteiger partial charge in [-0.2, -0.15) is 0 Å². The van der Waals surface area contributed by atoms with Gasteiger partial charge in [0.2, 0.25) is 0 Å². The molecule has 29 heavy (non-hydrogen) atoms. The SMILES string of the molecule is OCCOCC(COCCO)OCCOCCOC(COCCO)COCCO. The summed E-state index contributed by atoms with van der Waals surface area (Å²) in [6.07, 6.45) is -0.630. The first-order valence-corrected chi connectivity index (χ1v) is 9.83. The molecule has 0 rings (SSSR count). The first-order chi connectivity index (χ1) is 14.3. The molecule has 0 radical (unpaired) electrons. The fraction of sp³-hybridized carbons (Fsp3) is 1.00. The Balaban J connectivity index is 3.85. The van der Waals surface area contributed by atoms with Gasteiger partial charge in [0, 0.05) is 0 Å². The van der Waals surface area contributed by atoms with Gasteiger partial charge in [-0.05, 0) is 0 Å². The Morgan fingerprint density at radius 1 is 0.379 bits per heavy atom. The van der Waals surface area contributed by atoms with E-state index in [4.69, 9.17) is 53.6 Å². The Kier molecular flexibility index (Phi) is 23.5. The first kappa shape index (κ1) is 28.6. The van der Waals surface area contributed by atoms with Crippen LogP contribution in [0.3, 0.4) is 0 Å². The van der Waals surface area contributed by atoms with Crippen molar-refractivity contribution in [3.05, 3.63) is 0 Å². The van der Waals surface area contributed by atoms with Crippen molar-refractivity contribution in [1.82, 2.24) is 0 Å². The zero-order valence-corrected chi connectivity index (χ0v) is 17.1. The number of hydrogen-bond donors (Lipinski definition) is 4. The molecule has 0 amide bonds. The smallest absolute Gasteiger partial charge is 0.104 e. The van der Waals surface area contributed by atoms with E-state index >= 15 is 0 Å². The molecule has 11 nitrogen and oxygen atoms in total. The maximum absolute atomic E-state index is 8.75. The van der Waals surface area contributed by atoms with Crippen LogP contribution >= 0.6 is 0 Å². The third-order valence-electron chi connectivity index (χ3n) is 3.32. The van der Waals surface area contributed by atoms with Crippen molar-refractivity contribution in [3.8, 4) is 0 Å². The van der Waals surface area contributed by atoms with Crippen molar-refractivity contribution in [2.24, 2.45) is 0 Å². The highest BCUT2D eigenvalue weighted by atomic mass is 16.6. The minimum atomic E-state index is -0.315. The molecule has 4 N–H and O–H groups in total. The lowest BCUT2D eigenvalue weighted by Gasteiger charge is -2.19. The highest BCUT2D eigenvalue weighted by molar-refractivity contribution is 4.57. The molecule has 0 heterocycles. The monoisotopic (exact) mass is 430 g/mol. The number of aliphatic hydroxyl groups excluding tert-OH is 4. The fourth-order valence-corrected chi connectivity index (χ4v) is 2.06. The van der Waals surface area contributed by atoms with Crippen molar-refractivity contribution < 1.29 is 53.6 Å². The van der Waals surface area contributed by atoms with E-state index in [0.717, 1.165) is 0 Å². The second kappa shape index (κ2) is 23.8. The molecule has 0 aromatic heterocycles. The summed E-state index contributed by atoms with van der Waals surface area (Å²) in [5.74, 6) is 0. The summed E-state index contributed by atoms with van der Waals surface area (Å²) in [6.45, 7) is 3.10. The minimum absolute atomic E-state index is 0.0651. The zero-order valence-electron chi connectivity index (χ0n) is 17.1. The van der Waals surface area contributed by atoms with Crippen LogP contribution in [-0.4, -0.2) is 138 Å². The van der Waals surface area contributed by atoms with Crippen molar-refractivity contribution in [1.29, 1.82) is 0 Å². The summed E-state index contributed by atoms with van der Waals surface area (Å²) in [5.41, 5.74) is 0. The molecule has 0 aliphatic rings. The molecule has 0 aromatic rings. The average molecular weight is 430 g/mol. The molecular weight excluding hydrogens is 392 g/mol. The minimum Gasteiger partial charge on any atom is -0.394 e. The second-order valence-electron chi connectivity index (χ2n) is 5.79. The molecule has 0 unspecified atom stereocenters. The summed E-state index contributed by atoms with van der Waals surface area (Å²) in [4.78, 5) is 0. The molecule has 0 spiro atoms. The van der Waals surface area contributed by atoms with E-state index in [1.54, 1.807) is 0 Å². The predicted octanol–water partition coefficient (Wildman–Crippen LogP) is -2.19. The Hall–Kier alpha value is -0.440. The molecule has 0 aliphatic heterocycles. The molecule has 0 saturated carbocycles. The third-order valence-corrected chi connectivity index (χ3v) is 3.32. The maximum Gasteiger partial charge on any atom is 0.104 e. The van der Waals surface area contributed by atoms with Crippen molar-refractivity contribution in [3.63, 3.8) is 0 Å². The van der Waals surface area contributed by atoms with Gasteiger partial charge in [0.1, 0.15) is 12.2 Å². The summed E-state index contributed by atoms with van der Waals surface area (Å²) < 4.78 is 37.7. The Bertz CT molecular complexity index is 262. The van der Waals surface area contributed by atoms with Crippen LogP contribution < -0.4 is 0 Å². The molecule has 0 bridgehead atoms. The molecular formula is C18H38O11. The summed E-state index contributed by atoms with van der Waals surface area (Å²) in [7, 11) is 0. The van der Waals surface area contributed by atoms with Gasteiger partial charge in [-0.25, -0.2) is 0 Å². The fourth-order valence-electron chi connectivity index (χ4n) is 2.06. The van der Waals surface area contributed by atoms with Crippen molar-refractivity contribution in [2.75, 3.05) is 106 Å². The predicted molar refractivity (Wildman–Crippen MR) is 102 cm³/mol. The summed E-state index contributed by atoms with van der Waals surface area (Å²) in [5, 5.41) is 35.0. The summed E-state index contributed by atoms with van der Waals surface area (Å²) >= 11 is 0. The van der Waals surface area contributed by atoms with Gasteiger partial charge in [-0.15, -0.1) is 0 Å². The first-order valence-electron chi connectivity index (χ1n) is 9.83. The third kappa shape index (κ3) is 20.6. The lowest BCUT2D eigenvalue weighted by Crippen LogP contribution is -2.29. The highest BCUT2D eigenvalue weighted by Crippen LogP contribution is 1.98. The van der Waals surface area contributed by atoms with Crippen LogP contribution in [-0.2, 0) is 33.2 Å². The quantitative estimate of drug-likeness (QED) is 0.124. The highest BCUT2D eigenvalue weighted by Gasteiger charge is 2.11. The topological polar surface area (TPSA) is 146 Å². The number of ether oxygens (including phenoxy) is 7. The molecule has 176 valence electrons. The Labute approximate surface area is 172 Å². The normalized spacial score (nSPS) is 11.8. The number of rotatable bonds is 24. The van der Waals surface area contributed by atoms with E-state index in [9.17, 15) is 0 Å². The van der Waals surface area contributed by atoms with E-state index in [2.05, 4.69) is 0 Å². The standard InChI is InChI=1S/C18H38O11/c19-1-5-24-13-17(14-25-6-2-20)28-11-9-23-10-12-29-18(15-26-7-3-21)16-27-8-4-22/h17-22H,1-16H2. The lowest BCUT2D eigenvalue weighted by molar-refractivity contribution is -0.0928. The van der Waals surface area contributed by atoms with Crippen LogP contribution in [0.1, 0.15) is 0 Å². The van der Waals surface area contributed by atoms with Gasteiger partial charge in [-0.3, -0.25) is 0 Å². The maximum atomic E-state index is 8.75. The molecule has 0 aliphatic carbocycles. The van der Waals surface area contributed by atoms with Crippen LogP contribution in [0.2, 0.25) is 0 Å². The Morgan fingerprint density at radius 2 is 0.690 bits per heavy atom. The van der Waals surface area contributed by atoms with E-state index in [0.29, 0.717) is 26.4 Å². The van der Waals surface area contributed by atoms with E-state index in [-0.39, 0.29) is 91.5 Å². The Morgan fingerprint density at radius 3 is 0.966 bits per heavy atom. The van der Waals surface area contributed by atoms with Crippen LogP contribution in [0, 0.1) is 0 Å². The second-order valence-corrected chi connectivity index (χ2v) is 5.79. The number of hydrogen-bond acceptors (Lipinski definition) is 11. The van der Waals surface area contributed by atoms with E-state index < -0.39 is 0 Å². The van der Waals surface area contributed by atoms with Crippen LogP contribution in [0.5, 0.6) is 0 Å². The average Bonchev–Trinajstić information content (AvgIpc) is 2.72. The summed E-state index contributed by atoms with van der Waals surface area (Å²) in [6, 6.07) is 0. The molecule has 0 aromatic carbocycles. The molecule has 0 saturated heterocycles. The van der Waals surface area contributed by atoms with Gasteiger partial charge in [0.25, 0.3) is 0 Å². The zero-order chi connectivity index (χ0) is 21.4. The van der Waals surface area contributed by atoms with Gasteiger partial charge >= 0.3 is 0 Å². The van der Waals surface area contributed by atoms with Crippen LogP contribution in [0.25, 0.3) is 0 Å². The number of aliphatic hydroxyl groups is 4.